The topological polar surface area (TPSA) is 105 Å². The van der Waals surface area contributed by atoms with Gasteiger partial charge >= 0.3 is 0 Å². The van der Waals surface area contributed by atoms with Crippen LogP contribution in [-0.4, -0.2) is 32.1 Å². The minimum absolute atomic E-state index is 0.0570. The number of benzene rings is 2. The van der Waals surface area contributed by atoms with Crippen molar-refractivity contribution < 1.29 is 14.3 Å². The lowest BCUT2D eigenvalue weighted by atomic mass is 10.1. The first-order chi connectivity index (χ1) is 15.5. The number of fused-ring (bicyclic) bond motifs is 2. The highest BCUT2D eigenvalue weighted by Crippen LogP contribution is 2.43. The van der Waals surface area contributed by atoms with Crippen molar-refractivity contribution in [3.63, 3.8) is 0 Å². The van der Waals surface area contributed by atoms with Gasteiger partial charge in [0.15, 0.2) is 39.8 Å². The quantitative estimate of drug-likeness (QED) is 0.378. The first-order valence-corrected chi connectivity index (χ1v) is 11.4. The third kappa shape index (κ3) is 4.03. The van der Waals surface area contributed by atoms with Gasteiger partial charge in [-0.15, -0.1) is 0 Å². The molecule has 8 nitrogen and oxygen atoms in total. The SMILES string of the molecule is CC(=O)c1ccc(CCn2cnc(N)c3nc(Sc4cc5c(cc4Br)OCO5)nc2-3)cc1. The van der Waals surface area contributed by atoms with Crippen LogP contribution in [0.25, 0.3) is 11.5 Å². The normalized spacial score (nSPS) is 12.4. The van der Waals surface area contributed by atoms with E-state index in [-0.39, 0.29) is 12.6 Å². The zero-order valence-corrected chi connectivity index (χ0v) is 19.4. The molecule has 0 aliphatic carbocycles. The molecule has 0 atom stereocenters. The second-order valence-electron chi connectivity index (χ2n) is 7.24. The number of aromatic nitrogens is 4. The number of imidazole rings is 1. The van der Waals surface area contributed by atoms with Crippen LogP contribution in [-0.2, 0) is 13.0 Å². The molecule has 2 aromatic rings. The molecule has 3 aliphatic rings. The molecule has 0 saturated heterocycles. The Morgan fingerprint density at radius 3 is 2.69 bits per heavy atom. The maximum atomic E-state index is 11.5. The van der Waals surface area contributed by atoms with Crippen LogP contribution in [0.1, 0.15) is 22.8 Å². The average molecular weight is 512 g/mol. The largest absolute Gasteiger partial charge is 0.454 e. The number of anilines is 1. The summed E-state index contributed by atoms with van der Waals surface area (Å²) in [4.78, 5) is 26.0. The Morgan fingerprint density at radius 1 is 1.19 bits per heavy atom. The Balaban J connectivity index is 1.39. The Bertz CT molecular complexity index is 1290. The Kier molecular flexibility index (Phi) is 5.48. The summed E-state index contributed by atoms with van der Waals surface area (Å²) in [6.07, 6.45) is 2.44. The van der Waals surface area contributed by atoms with Crippen LogP contribution in [0.3, 0.4) is 0 Å². The summed E-state index contributed by atoms with van der Waals surface area (Å²) in [6.45, 7) is 2.43. The van der Waals surface area contributed by atoms with E-state index in [2.05, 4.69) is 25.9 Å². The van der Waals surface area contributed by atoms with Gasteiger partial charge in [0, 0.05) is 21.5 Å². The van der Waals surface area contributed by atoms with Crippen molar-refractivity contribution in [1.29, 1.82) is 0 Å². The molecule has 0 radical (unpaired) electrons. The van der Waals surface area contributed by atoms with Crippen LogP contribution in [0.4, 0.5) is 5.82 Å². The highest BCUT2D eigenvalue weighted by atomic mass is 79.9. The Labute approximate surface area is 196 Å². The van der Waals surface area contributed by atoms with Crippen molar-refractivity contribution in [3.8, 4) is 23.0 Å². The zero-order chi connectivity index (χ0) is 22.2. The monoisotopic (exact) mass is 511 g/mol. The van der Waals surface area contributed by atoms with E-state index in [1.807, 2.05) is 41.0 Å². The molecule has 32 heavy (non-hydrogen) atoms. The van der Waals surface area contributed by atoms with Crippen LogP contribution in [0.2, 0.25) is 0 Å². The van der Waals surface area contributed by atoms with Crippen LogP contribution in [0, 0.1) is 0 Å². The van der Waals surface area contributed by atoms with E-state index in [0.29, 0.717) is 46.1 Å². The first kappa shape index (κ1) is 20.8. The van der Waals surface area contributed by atoms with Crippen LogP contribution >= 0.6 is 27.7 Å². The zero-order valence-electron chi connectivity index (χ0n) is 17.0. The molecule has 0 bridgehead atoms. The summed E-state index contributed by atoms with van der Waals surface area (Å²) in [5, 5.41) is 0.568. The van der Waals surface area contributed by atoms with E-state index in [9.17, 15) is 4.79 Å². The molecule has 5 rings (SSSR count). The van der Waals surface area contributed by atoms with Gasteiger partial charge < -0.3 is 19.8 Å². The van der Waals surface area contributed by atoms with Gasteiger partial charge in [-0.05, 0) is 58.7 Å². The lowest BCUT2D eigenvalue weighted by Crippen LogP contribution is -2.10. The van der Waals surface area contributed by atoms with Crippen molar-refractivity contribution in [1.82, 2.24) is 19.5 Å². The highest BCUT2D eigenvalue weighted by Gasteiger charge is 2.22. The van der Waals surface area contributed by atoms with Gasteiger partial charge in [-0.3, -0.25) is 4.79 Å². The molecule has 162 valence electrons. The van der Waals surface area contributed by atoms with Gasteiger partial charge in [0.1, 0.15) is 0 Å². The first-order valence-electron chi connectivity index (χ1n) is 9.83. The van der Waals surface area contributed by atoms with E-state index in [0.717, 1.165) is 21.4 Å². The molecule has 0 saturated carbocycles. The third-order valence-corrected chi connectivity index (χ3v) is 6.94. The fourth-order valence-corrected chi connectivity index (χ4v) is 4.73. The number of Topliss-reactive ketones (excluding diaryl/α,β-unsaturated/α-hetero) is 1. The minimum Gasteiger partial charge on any atom is -0.454 e. The van der Waals surface area contributed by atoms with Crippen LogP contribution < -0.4 is 15.2 Å². The fourth-order valence-electron chi connectivity index (χ4n) is 3.37. The summed E-state index contributed by atoms with van der Waals surface area (Å²) >= 11 is 4.98. The predicted molar refractivity (Wildman–Crippen MR) is 123 cm³/mol. The van der Waals surface area contributed by atoms with Crippen molar-refractivity contribution in [3.05, 3.63) is 58.3 Å². The van der Waals surface area contributed by atoms with Gasteiger partial charge in [-0.1, -0.05) is 24.3 Å². The lowest BCUT2D eigenvalue weighted by molar-refractivity contribution is 0.101. The van der Waals surface area contributed by atoms with Gasteiger partial charge in [0.05, 0.1) is 6.33 Å². The number of nitrogen functional groups attached to an aromatic ring is 1. The molecule has 3 heterocycles. The summed E-state index contributed by atoms with van der Waals surface area (Å²) in [5.74, 6) is 2.47. The van der Waals surface area contributed by atoms with Crippen molar-refractivity contribution in [2.45, 2.75) is 29.9 Å². The number of carbonyl (C=O) groups excluding carboxylic acids is 1. The minimum atomic E-state index is 0.0570. The number of ether oxygens (including phenoxy) is 2. The van der Waals surface area contributed by atoms with Crippen molar-refractivity contribution in [2.24, 2.45) is 0 Å². The summed E-state index contributed by atoms with van der Waals surface area (Å²) in [6, 6.07) is 11.4. The summed E-state index contributed by atoms with van der Waals surface area (Å²) in [5.41, 5.74) is 8.46. The number of hydrogen-bond donors (Lipinski definition) is 1. The van der Waals surface area contributed by atoms with Crippen LogP contribution in [0.5, 0.6) is 11.5 Å². The number of rotatable bonds is 6. The highest BCUT2D eigenvalue weighted by molar-refractivity contribution is 9.10. The molecule has 2 aromatic carbocycles. The van der Waals surface area contributed by atoms with Gasteiger partial charge in [0.2, 0.25) is 6.79 Å². The Hall–Kier alpha value is -3.11. The third-order valence-electron chi connectivity index (χ3n) is 5.10. The van der Waals surface area contributed by atoms with E-state index >= 15 is 0 Å². The predicted octanol–water partition coefficient (Wildman–Crippen LogP) is 4.45. The smallest absolute Gasteiger partial charge is 0.231 e. The standard InChI is InChI=1S/C22H18BrN5O3S/c1-12(29)14-4-2-13(3-5-14)6-7-28-10-25-20(24)19-21(28)27-22(26-19)32-18-9-17-16(8-15(18)23)30-11-31-17/h2-5,8-10H,6-7,11,24H2,1H3. The average Bonchev–Trinajstić information content (AvgIpc) is 3.41. The molecule has 2 N–H and O–H groups in total. The maximum Gasteiger partial charge on any atom is 0.231 e. The Morgan fingerprint density at radius 2 is 1.94 bits per heavy atom. The number of aryl methyl sites for hydroxylation is 2. The molecule has 0 fully saturated rings. The maximum absolute atomic E-state index is 11.5. The van der Waals surface area contributed by atoms with Crippen LogP contribution in [0.15, 0.2) is 57.3 Å². The van der Waals surface area contributed by atoms with Crippen molar-refractivity contribution >= 4 is 39.3 Å². The lowest BCUT2D eigenvalue weighted by Gasteiger charge is -2.11. The number of nitrogens with two attached hydrogens (primary N) is 1. The second kappa shape index (κ2) is 8.44. The number of carbonyl (C=O) groups is 1. The molecular formula is C22H18BrN5O3S. The van der Waals surface area contributed by atoms with E-state index in [1.165, 1.54) is 11.8 Å². The van der Waals surface area contributed by atoms with Gasteiger partial charge in [-0.2, -0.15) is 0 Å². The summed E-state index contributed by atoms with van der Waals surface area (Å²) in [7, 11) is 0. The number of halogens is 1. The molecule has 0 aromatic heterocycles. The van der Waals surface area contributed by atoms with E-state index < -0.39 is 0 Å². The molecule has 10 heteroatoms. The number of ketones is 1. The van der Waals surface area contributed by atoms with E-state index in [4.69, 9.17) is 20.2 Å². The second-order valence-corrected chi connectivity index (χ2v) is 9.11. The van der Waals surface area contributed by atoms with Crippen molar-refractivity contribution in [2.75, 3.05) is 12.5 Å². The molecule has 0 unspecified atom stereocenters. The number of nitrogens with zero attached hydrogens (tertiary/aromatic N) is 4. The summed E-state index contributed by atoms with van der Waals surface area (Å²) < 4.78 is 13.7. The number of hydrogen-bond acceptors (Lipinski definition) is 8. The molecule has 0 spiro atoms. The van der Waals surface area contributed by atoms with E-state index in [1.54, 1.807) is 13.3 Å². The van der Waals surface area contributed by atoms with Gasteiger partial charge in [-0.25, -0.2) is 15.0 Å². The molecule has 3 aliphatic heterocycles. The molecular weight excluding hydrogens is 494 g/mol. The fraction of sp³-hybridized carbons (Fsp3) is 0.182. The van der Waals surface area contributed by atoms with Gasteiger partial charge in [0.25, 0.3) is 0 Å². The molecule has 0 amide bonds.